The van der Waals surface area contributed by atoms with Crippen LogP contribution in [0.15, 0.2) is 59.9 Å². The lowest BCUT2D eigenvalue weighted by atomic mass is 10.2. The summed E-state index contributed by atoms with van der Waals surface area (Å²) in [5.74, 6) is 0. The van der Waals surface area contributed by atoms with Crippen LogP contribution in [0, 0.1) is 0 Å². The summed E-state index contributed by atoms with van der Waals surface area (Å²) in [7, 11) is 2.19. The molecule has 5 heteroatoms. The van der Waals surface area contributed by atoms with Crippen LogP contribution in [0.4, 0.5) is 0 Å². The van der Waals surface area contributed by atoms with Crippen molar-refractivity contribution in [1.29, 1.82) is 0 Å². The average Bonchev–Trinajstić information content (AvgIpc) is 3.10. The molecular formula is C15H15NS4. The third-order valence-electron chi connectivity index (χ3n) is 2.81. The maximum absolute atomic E-state index is 2.37. The van der Waals surface area contributed by atoms with Gasteiger partial charge in [-0.2, -0.15) is 0 Å². The van der Waals surface area contributed by atoms with Gasteiger partial charge in [-0.05, 0) is 28.8 Å². The summed E-state index contributed by atoms with van der Waals surface area (Å²) in [6, 6.07) is 10.6. The molecule has 0 spiro atoms. The number of rotatable bonds is 4. The van der Waals surface area contributed by atoms with Crippen molar-refractivity contribution in [3.63, 3.8) is 0 Å². The van der Waals surface area contributed by atoms with Crippen LogP contribution in [-0.4, -0.2) is 18.5 Å². The molecule has 104 valence electrons. The second-order valence-corrected chi connectivity index (χ2v) is 8.91. The first-order valence-corrected chi connectivity index (χ1v) is 9.75. The SMILES string of the molecule is CN(CC1=CSC(=C2SC=CS2)S1)Cc1ccccc1. The Bertz CT molecular complexity index is 552. The van der Waals surface area contributed by atoms with Crippen LogP contribution >= 0.6 is 47.0 Å². The van der Waals surface area contributed by atoms with Gasteiger partial charge in [-0.15, -0.1) is 0 Å². The van der Waals surface area contributed by atoms with Crippen molar-refractivity contribution in [2.24, 2.45) is 0 Å². The molecule has 0 aromatic heterocycles. The fourth-order valence-electron chi connectivity index (χ4n) is 1.97. The smallest absolute Gasteiger partial charge is 0.0697 e. The monoisotopic (exact) mass is 337 g/mol. The van der Waals surface area contributed by atoms with Crippen LogP contribution in [0.3, 0.4) is 0 Å². The standard InChI is InChI=1S/C15H15NS4/c1-16(9-12-5-3-2-4-6-12)10-13-11-19-15(20-13)14-17-7-8-18-14/h2-8,11H,9-10H2,1H3. The van der Waals surface area contributed by atoms with E-state index in [4.69, 9.17) is 0 Å². The van der Waals surface area contributed by atoms with E-state index in [1.54, 1.807) is 0 Å². The van der Waals surface area contributed by atoms with Crippen molar-refractivity contribution >= 4 is 47.0 Å². The van der Waals surface area contributed by atoms with Crippen molar-refractivity contribution in [2.45, 2.75) is 6.54 Å². The number of hydrogen-bond donors (Lipinski definition) is 0. The maximum atomic E-state index is 2.37. The zero-order chi connectivity index (χ0) is 13.8. The summed E-state index contributed by atoms with van der Waals surface area (Å²) in [4.78, 5) is 3.82. The molecule has 3 rings (SSSR count). The fraction of sp³-hybridized carbons (Fsp3) is 0.200. The van der Waals surface area contributed by atoms with Gasteiger partial charge in [0.05, 0.1) is 8.47 Å². The highest BCUT2D eigenvalue weighted by Crippen LogP contribution is 2.53. The highest BCUT2D eigenvalue weighted by Gasteiger charge is 2.19. The molecule has 1 aromatic rings. The summed E-state index contributed by atoms with van der Waals surface area (Å²) in [5.41, 5.74) is 1.37. The molecule has 0 aliphatic carbocycles. The Labute approximate surface area is 137 Å². The lowest BCUT2D eigenvalue weighted by molar-refractivity contribution is 0.361. The molecule has 2 aliphatic heterocycles. The molecule has 0 saturated carbocycles. The first-order chi connectivity index (χ1) is 9.81. The second kappa shape index (κ2) is 7.18. The topological polar surface area (TPSA) is 3.24 Å². The largest absolute Gasteiger partial charge is 0.297 e. The van der Waals surface area contributed by atoms with Gasteiger partial charge in [0.1, 0.15) is 0 Å². The van der Waals surface area contributed by atoms with E-state index in [0.717, 1.165) is 13.1 Å². The van der Waals surface area contributed by atoms with E-state index in [0.29, 0.717) is 0 Å². The number of hydrogen-bond acceptors (Lipinski definition) is 5. The number of thioether (sulfide) groups is 4. The van der Waals surface area contributed by atoms with Crippen LogP contribution in [0.1, 0.15) is 5.56 Å². The quantitative estimate of drug-likeness (QED) is 0.709. The van der Waals surface area contributed by atoms with Crippen molar-refractivity contribution in [2.75, 3.05) is 13.6 Å². The maximum Gasteiger partial charge on any atom is 0.0697 e. The van der Waals surface area contributed by atoms with E-state index in [-0.39, 0.29) is 0 Å². The van der Waals surface area contributed by atoms with Crippen LogP contribution in [-0.2, 0) is 6.54 Å². The van der Waals surface area contributed by atoms with Gasteiger partial charge in [0.15, 0.2) is 0 Å². The lowest BCUT2D eigenvalue weighted by Gasteiger charge is -2.16. The summed E-state index contributed by atoms with van der Waals surface area (Å²) in [5, 5.41) is 6.62. The van der Waals surface area contributed by atoms with Crippen LogP contribution in [0.2, 0.25) is 0 Å². The molecule has 0 fully saturated rings. The van der Waals surface area contributed by atoms with E-state index in [1.165, 1.54) is 18.9 Å². The molecule has 0 saturated heterocycles. The highest BCUT2D eigenvalue weighted by molar-refractivity contribution is 8.33. The molecule has 0 amide bonds. The zero-order valence-electron chi connectivity index (χ0n) is 11.1. The molecule has 0 N–H and O–H groups in total. The van der Waals surface area contributed by atoms with E-state index in [2.05, 4.69) is 58.5 Å². The van der Waals surface area contributed by atoms with E-state index in [9.17, 15) is 0 Å². The molecule has 1 nitrogen and oxygen atoms in total. The Morgan fingerprint density at radius 2 is 1.65 bits per heavy atom. The zero-order valence-corrected chi connectivity index (χ0v) is 14.4. The molecule has 0 atom stereocenters. The second-order valence-electron chi connectivity index (χ2n) is 4.54. The van der Waals surface area contributed by atoms with Gasteiger partial charge in [-0.1, -0.05) is 77.4 Å². The van der Waals surface area contributed by atoms with Gasteiger partial charge in [-0.3, -0.25) is 4.90 Å². The van der Waals surface area contributed by atoms with Gasteiger partial charge in [-0.25, -0.2) is 0 Å². The van der Waals surface area contributed by atoms with Crippen molar-refractivity contribution in [3.05, 3.63) is 65.5 Å². The Morgan fingerprint density at radius 1 is 0.900 bits per heavy atom. The highest BCUT2D eigenvalue weighted by atomic mass is 32.2. The molecule has 0 unspecified atom stereocenters. The van der Waals surface area contributed by atoms with E-state index in [1.807, 2.05) is 47.0 Å². The van der Waals surface area contributed by atoms with Gasteiger partial charge in [0, 0.05) is 18.0 Å². The first-order valence-electron chi connectivity index (χ1n) is 6.30. The summed E-state index contributed by atoms with van der Waals surface area (Å²) in [6.07, 6.45) is 0. The van der Waals surface area contributed by atoms with E-state index >= 15 is 0 Å². The predicted molar refractivity (Wildman–Crippen MR) is 97.4 cm³/mol. The summed E-state index contributed by atoms with van der Waals surface area (Å²) >= 11 is 7.47. The molecule has 20 heavy (non-hydrogen) atoms. The van der Waals surface area contributed by atoms with Gasteiger partial charge >= 0.3 is 0 Å². The lowest BCUT2D eigenvalue weighted by Crippen LogP contribution is -2.19. The average molecular weight is 338 g/mol. The predicted octanol–water partition coefficient (Wildman–Crippen LogP) is 5.52. The minimum Gasteiger partial charge on any atom is -0.297 e. The van der Waals surface area contributed by atoms with Crippen molar-refractivity contribution < 1.29 is 0 Å². The number of nitrogens with zero attached hydrogens (tertiary/aromatic N) is 1. The Kier molecular flexibility index (Phi) is 5.29. The third-order valence-corrected chi connectivity index (χ3v) is 7.87. The van der Waals surface area contributed by atoms with Crippen molar-refractivity contribution in [1.82, 2.24) is 4.90 Å². The molecule has 0 radical (unpaired) electrons. The van der Waals surface area contributed by atoms with E-state index < -0.39 is 0 Å². The normalized spacial score (nSPS) is 18.2. The molecule has 1 aromatic carbocycles. The molecule has 2 heterocycles. The Hall–Kier alpha value is -0.200. The van der Waals surface area contributed by atoms with Crippen LogP contribution in [0.25, 0.3) is 0 Å². The van der Waals surface area contributed by atoms with Crippen LogP contribution in [0.5, 0.6) is 0 Å². The fourth-order valence-corrected chi connectivity index (χ4v) is 6.53. The molecular weight excluding hydrogens is 322 g/mol. The third kappa shape index (κ3) is 3.92. The Balaban J connectivity index is 1.53. The Morgan fingerprint density at radius 3 is 2.40 bits per heavy atom. The summed E-state index contributed by atoms with van der Waals surface area (Å²) < 4.78 is 2.87. The van der Waals surface area contributed by atoms with Gasteiger partial charge in [0.25, 0.3) is 0 Å². The molecule has 0 bridgehead atoms. The summed E-state index contributed by atoms with van der Waals surface area (Å²) in [6.45, 7) is 2.02. The van der Waals surface area contributed by atoms with Crippen LogP contribution < -0.4 is 0 Å². The van der Waals surface area contributed by atoms with Gasteiger partial charge < -0.3 is 0 Å². The first kappa shape index (κ1) is 14.7. The minimum absolute atomic E-state index is 1.00. The number of likely N-dealkylation sites (N-methyl/N-ethyl adjacent to an activating group) is 1. The minimum atomic E-state index is 1.00. The number of benzene rings is 1. The molecule has 2 aliphatic rings. The van der Waals surface area contributed by atoms with Crippen molar-refractivity contribution in [3.8, 4) is 0 Å². The van der Waals surface area contributed by atoms with Gasteiger partial charge in [0.2, 0.25) is 0 Å².